The fourth-order valence-electron chi connectivity index (χ4n) is 2.94. The van der Waals surface area contributed by atoms with Crippen molar-refractivity contribution in [3.8, 4) is 0 Å². The molecule has 5 heterocycles. The molecule has 0 aliphatic carbocycles. The van der Waals surface area contributed by atoms with Gasteiger partial charge >= 0.3 is 0 Å². The van der Waals surface area contributed by atoms with Gasteiger partial charge in [0, 0.05) is 56.2 Å². The van der Waals surface area contributed by atoms with Gasteiger partial charge in [0.05, 0.1) is 22.8 Å². The van der Waals surface area contributed by atoms with Gasteiger partial charge in [0.1, 0.15) is 0 Å². The van der Waals surface area contributed by atoms with Crippen molar-refractivity contribution in [2.24, 2.45) is 0 Å². The van der Waals surface area contributed by atoms with Crippen LogP contribution in [0.3, 0.4) is 0 Å². The van der Waals surface area contributed by atoms with E-state index in [1.165, 1.54) is 0 Å². The maximum Gasteiger partial charge on any atom is 0.0658 e. The van der Waals surface area contributed by atoms with Crippen LogP contribution in [0.2, 0.25) is 0 Å². The van der Waals surface area contributed by atoms with Crippen molar-refractivity contribution < 1.29 is 34.1 Å². The van der Waals surface area contributed by atoms with Crippen LogP contribution < -0.4 is 0 Å². The molecule has 2 N–H and O–H groups in total. The molecule has 3 aromatic rings. The van der Waals surface area contributed by atoms with E-state index >= 15 is 0 Å². The minimum absolute atomic E-state index is 0. The predicted molar refractivity (Wildman–Crippen MR) is 98.9 cm³/mol. The largest absolute Gasteiger partial charge is 0.355 e. The molecule has 0 unspecified atom stereocenters. The van der Waals surface area contributed by atoms with E-state index in [-0.39, 0.29) is 34.1 Å². The van der Waals surface area contributed by atoms with Gasteiger partial charge in [0.15, 0.2) is 0 Å². The molecule has 0 fully saturated rings. The fraction of sp³-hybridized carbons (Fsp3) is 0. The molecule has 26 heavy (non-hydrogen) atoms. The second-order valence-corrected chi connectivity index (χ2v) is 5.91. The number of aromatic amines is 2. The van der Waals surface area contributed by atoms with Gasteiger partial charge < -0.3 is 9.97 Å². The Morgan fingerprint density at radius 2 is 0.731 bits per heavy atom. The average molecular weight is 422 g/mol. The Morgan fingerprint density at radius 1 is 0.462 bits per heavy atom. The van der Waals surface area contributed by atoms with Crippen molar-refractivity contribution in [3.05, 3.63) is 71.3 Å². The second-order valence-electron chi connectivity index (χ2n) is 5.91. The van der Waals surface area contributed by atoms with E-state index in [1.54, 1.807) is 0 Å². The first-order chi connectivity index (χ1) is 11.8. The van der Waals surface area contributed by atoms with E-state index in [9.17, 15) is 0 Å². The molecule has 2 aliphatic rings. The van der Waals surface area contributed by atoms with E-state index in [2.05, 4.69) is 44.2 Å². The maximum absolute atomic E-state index is 4.63. The summed E-state index contributed by atoms with van der Waals surface area (Å²) < 4.78 is 0. The summed E-state index contributed by atoms with van der Waals surface area (Å²) in [6.45, 7) is 0. The monoisotopic (exact) mass is 422 g/mol. The van der Waals surface area contributed by atoms with Crippen LogP contribution in [0.15, 0.2) is 48.5 Å². The predicted octanol–water partition coefficient (Wildman–Crippen LogP) is 4.65. The number of rotatable bonds is 0. The first-order valence-corrected chi connectivity index (χ1v) is 7.85. The Morgan fingerprint density at radius 3 is 1.00 bits per heavy atom. The normalized spacial score (nSPS) is 11.7. The van der Waals surface area contributed by atoms with Crippen LogP contribution in [-0.2, 0) is 34.1 Å². The van der Waals surface area contributed by atoms with Gasteiger partial charge in [-0.05, 0) is 72.8 Å². The number of H-pyrrole nitrogens is 2. The summed E-state index contributed by atoms with van der Waals surface area (Å²) in [7, 11) is 0. The number of nitrogens with zero attached hydrogens (tertiary/aromatic N) is 2. The molecular formula is C20H14Fe2N4. The molecule has 130 valence electrons. The zero-order valence-electron chi connectivity index (χ0n) is 13.5. The summed E-state index contributed by atoms with van der Waals surface area (Å²) in [5.74, 6) is 0. The molecule has 6 heteroatoms. The van der Waals surface area contributed by atoms with Crippen LogP contribution in [-0.4, -0.2) is 19.9 Å². The van der Waals surface area contributed by atoms with Gasteiger partial charge in [0.25, 0.3) is 0 Å². The van der Waals surface area contributed by atoms with E-state index < -0.39 is 0 Å². The Kier molecular flexibility index (Phi) is 5.30. The number of nitrogens with one attached hydrogen (secondary N) is 2. The van der Waals surface area contributed by atoms with Crippen molar-refractivity contribution in [1.82, 2.24) is 19.9 Å². The molecular weight excluding hydrogens is 408 g/mol. The first-order valence-electron chi connectivity index (χ1n) is 7.85. The Hall–Kier alpha value is -2.36. The van der Waals surface area contributed by atoms with Gasteiger partial charge in [0.2, 0.25) is 0 Å². The van der Waals surface area contributed by atoms with Crippen molar-refractivity contribution in [3.63, 3.8) is 0 Å². The number of hydrogen-bond donors (Lipinski definition) is 2. The zero-order chi connectivity index (χ0) is 15.9. The molecule has 8 bridgehead atoms. The molecule has 0 atom stereocenters. The fourth-order valence-corrected chi connectivity index (χ4v) is 2.94. The molecule has 0 saturated heterocycles. The zero-order valence-corrected chi connectivity index (χ0v) is 15.7. The van der Waals surface area contributed by atoms with Crippen LogP contribution in [0.4, 0.5) is 0 Å². The van der Waals surface area contributed by atoms with Crippen molar-refractivity contribution in [2.75, 3.05) is 0 Å². The van der Waals surface area contributed by atoms with Crippen LogP contribution in [0.25, 0.3) is 46.4 Å². The third kappa shape index (κ3) is 3.74. The van der Waals surface area contributed by atoms with Crippen LogP contribution in [0.1, 0.15) is 22.8 Å². The number of aromatic nitrogens is 4. The summed E-state index contributed by atoms with van der Waals surface area (Å²) in [5, 5.41) is 0. The third-order valence-corrected chi connectivity index (χ3v) is 4.04. The summed E-state index contributed by atoms with van der Waals surface area (Å²) in [4.78, 5) is 16.0. The topological polar surface area (TPSA) is 57.4 Å². The van der Waals surface area contributed by atoms with Gasteiger partial charge in [-0.3, -0.25) is 0 Å². The van der Waals surface area contributed by atoms with Crippen molar-refractivity contribution >= 4 is 46.4 Å². The first kappa shape index (κ1) is 18.4. The molecule has 0 spiro atoms. The Balaban J connectivity index is 0.000000980. The molecule has 0 amide bonds. The quantitative estimate of drug-likeness (QED) is 0.357. The van der Waals surface area contributed by atoms with Crippen molar-refractivity contribution in [1.29, 1.82) is 0 Å². The average Bonchev–Trinajstić information content (AvgIpc) is 3.32. The van der Waals surface area contributed by atoms with E-state index in [0.717, 1.165) is 44.8 Å². The molecule has 0 saturated carbocycles. The summed E-state index contributed by atoms with van der Waals surface area (Å²) in [5.41, 5.74) is 7.86. The summed E-state index contributed by atoms with van der Waals surface area (Å²) in [6, 6.07) is 16.4. The summed E-state index contributed by atoms with van der Waals surface area (Å²) in [6.07, 6.45) is 8.09. The van der Waals surface area contributed by atoms with Gasteiger partial charge in [-0.25, -0.2) is 9.97 Å². The third-order valence-electron chi connectivity index (χ3n) is 4.04. The molecule has 5 rings (SSSR count). The number of fused-ring (bicyclic) bond motifs is 8. The Bertz CT molecular complexity index is 994. The molecule has 3 aromatic heterocycles. The smallest absolute Gasteiger partial charge is 0.0658 e. The van der Waals surface area contributed by atoms with Gasteiger partial charge in [-0.15, -0.1) is 0 Å². The molecule has 4 nitrogen and oxygen atoms in total. The van der Waals surface area contributed by atoms with Crippen molar-refractivity contribution in [2.45, 2.75) is 0 Å². The van der Waals surface area contributed by atoms with Gasteiger partial charge in [-0.1, -0.05) is 0 Å². The number of hydrogen-bond acceptors (Lipinski definition) is 2. The van der Waals surface area contributed by atoms with E-state index in [4.69, 9.17) is 0 Å². The molecule has 0 radical (unpaired) electrons. The SMILES string of the molecule is C1=Cc2cc3ccc(cc4nc(cc5ccc(cc1n2)[nH]5)C=C4)[nH]3.[Fe].[Fe]. The maximum atomic E-state index is 4.63. The minimum atomic E-state index is 0. The van der Waals surface area contributed by atoms with E-state index in [1.807, 2.05) is 48.6 Å². The second kappa shape index (κ2) is 7.48. The Labute approximate surface area is 171 Å². The van der Waals surface area contributed by atoms with Gasteiger partial charge in [-0.2, -0.15) is 0 Å². The minimum Gasteiger partial charge on any atom is -0.355 e. The van der Waals surface area contributed by atoms with E-state index in [0.29, 0.717) is 0 Å². The summed E-state index contributed by atoms with van der Waals surface area (Å²) >= 11 is 0. The standard InChI is InChI=1S/C20H14N4.2Fe/c1-2-14-10-16-5-6-18(23-16)12-20-8-7-19(24-20)11-17-4-3-15(22-17)9-13(1)21-14;;/h1-12,21,24H;;. The van der Waals surface area contributed by atoms with Crippen LogP contribution in [0.5, 0.6) is 0 Å². The molecule has 0 aromatic carbocycles. The molecule has 2 aliphatic heterocycles. The van der Waals surface area contributed by atoms with Crippen LogP contribution >= 0.6 is 0 Å². The van der Waals surface area contributed by atoms with Crippen LogP contribution in [0, 0.1) is 0 Å².